The number of carbonyl (C=O) groups is 1. The van der Waals surface area contributed by atoms with Crippen molar-refractivity contribution in [3.8, 4) is 11.4 Å². The van der Waals surface area contributed by atoms with Gasteiger partial charge in [0.05, 0.1) is 6.20 Å². The first kappa shape index (κ1) is 13.8. The van der Waals surface area contributed by atoms with E-state index in [1.807, 2.05) is 24.3 Å². The van der Waals surface area contributed by atoms with Gasteiger partial charge in [-0.15, -0.1) is 0 Å². The van der Waals surface area contributed by atoms with Crippen LogP contribution < -0.4 is 5.32 Å². The lowest BCUT2D eigenvalue weighted by molar-refractivity contribution is 0.0949. The van der Waals surface area contributed by atoms with Gasteiger partial charge in [0, 0.05) is 16.6 Å². The molecule has 0 unspecified atom stereocenters. The Morgan fingerprint density at radius 2 is 2.11 bits per heavy atom. The Kier molecular flexibility index (Phi) is 4.74. The summed E-state index contributed by atoms with van der Waals surface area (Å²) in [5.41, 5.74) is 1.45. The van der Waals surface area contributed by atoms with E-state index in [1.54, 1.807) is 6.20 Å². The summed E-state index contributed by atoms with van der Waals surface area (Å²) in [5.74, 6) is 0.595. The van der Waals surface area contributed by atoms with Crippen molar-refractivity contribution in [2.45, 2.75) is 19.8 Å². The van der Waals surface area contributed by atoms with Gasteiger partial charge in [0.2, 0.25) is 0 Å². The average molecular weight is 322 g/mol. The second-order valence-corrected chi connectivity index (χ2v) is 5.18. The molecule has 19 heavy (non-hydrogen) atoms. The van der Waals surface area contributed by atoms with Crippen molar-refractivity contribution in [1.82, 2.24) is 15.3 Å². The Labute approximate surface area is 120 Å². The smallest absolute Gasteiger partial charge is 0.269 e. The summed E-state index contributed by atoms with van der Waals surface area (Å²) in [6.07, 6.45) is 3.62. The molecule has 0 atom stereocenters. The maximum Gasteiger partial charge on any atom is 0.269 e. The van der Waals surface area contributed by atoms with E-state index < -0.39 is 0 Å². The van der Waals surface area contributed by atoms with Crippen molar-refractivity contribution < 1.29 is 4.79 Å². The minimum atomic E-state index is -0.107. The van der Waals surface area contributed by atoms with Gasteiger partial charge in [0.1, 0.15) is 11.5 Å². The molecule has 4 nitrogen and oxygen atoms in total. The molecule has 1 amide bonds. The summed E-state index contributed by atoms with van der Waals surface area (Å²) < 4.78 is 1.01. The minimum Gasteiger partial charge on any atom is -0.351 e. The molecule has 0 radical (unpaired) electrons. The highest BCUT2D eigenvalue weighted by Gasteiger charge is 2.09. The van der Waals surface area contributed by atoms with Gasteiger partial charge in [-0.25, -0.2) is 4.98 Å². The monoisotopic (exact) mass is 321 g/mol. The van der Waals surface area contributed by atoms with Gasteiger partial charge in [0.15, 0.2) is 0 Å². The van der Waals surface area contributed by atoms with Gasteiger partial charge in [0.25, 0.3) is 5.91 Å². The molecule has 1 aromatic heterocycles. The van der Waals surface area contributed by atoms with Crippen molar-refractivity contribution in [1.29, 1.82) is 0 Å². The van der Waals surface area contributed by atoms with Crippen LogP contribution in [-0.4, -0.2) is 22.4 Å². The normalized spacial score (nSPS) is 10.4. The number of aromatic amines is 1. The van der Waals surface area contributed by atoms with Crippen molar-refractivity contribution in [3.63, 3.8) is 0 Å². The molecule has 0 aliphatic heterocycles. The number of aromatic nitrogens is 2. The van der Waals surface area contributed by atoms with Crippen LogP contribution in [0, 0.1) is 0 Å². The van der Waals surface area contributed by atoms with E-state index in [0.717, 1.165) is 22.9 Å². The predicted octanol–water partition coefficient (Wildman–Crippen LogP) is 3.37. The lowest BCUT2D eigenvalue weighted by Gasteiger charge is -2.01. The summed E-state index contributed by atoms with van der Waals surface area (Å²) in [6, 6.07) is 7.78. The SMILES string of the molecule is CCCCNC(=O)c1cnc(-c2ccc(Br)cc2)[nH]1. The van der Waals surface area contributed by atoms with Gasteiger partial charge in [-0.1, -0.05) is 41.4 Å². The fraction of sp³-hybridized carbons (Fsp3) is 0.286. The molecule has 0 aliphatic rings. The van der Waals surface area contributed by atoms with Crippen LogP contribution >= 0.6 is 15.9 Å². The number of halogens is 1. The van der Waals surface area contributed by atoms with E-state index in [0.29, 0.717) is 18.1 Å². The minimum absolute atomic E-state index is 0.107. The maximum absolute atomic E-state index is 11.8. The standard InChI is InChI=1S/C14H16BrN3O/c1-2-3-8-16-14(19)12-9-17-13(18-12)10-4-6-11(15)7-5-10/h4-7,9H,2-3,8H2,1H3,(H,16,19)(H,17,18). The van der Waals surface area contributed by atoms with Crippen LogP contribution in [0.4, 0.5) is 0 Å². The number of hydrogen-bond acceptors (Lipinski definition) is 2. The number of rotatable bonds is 5. The second-order valence-electron chi connectivity index (χ2n) is 4.26. The lowest BCUT2D eigenvalue weighted by atomic mass is 10.2. The fourth-order valence-corrected chi connectivity index (χ4v) is 1.93. The van der Waals surface area contributed by atoms with Crippen LogP contribution in [0.15, 0.2) is 34.9 Å². The van der Waals surface area contributed by atoms with Crippen LogP contribution in [0.3, 0.4) is 0 Å². The number of nitrogens with zero attached hydrogens (tertiary/aromatic N) is 1. The topological polar surface area (TPSA) is 57.8 Å². The molecular weight excluding hydrogens is 306 g/mol. The van der Waals surface area contributed by atoms with Gasteiger partial charge < -0.3 is 10.3 Å². The molecule has 0 bridgehead atoms. The van der Waals surface area contributed by atoms with E-state index in [4.69, 9.17) is 0 Å². The molecule has 2 aromatic rings. The van der Waals surface area contributed by atoms with Crippen molar-refractivity contribution in [3.05, 3.63) is 40.6 Å². The average Bonchev–Trinajstić information content (AvgIpc) is 2.89. The van der Waals surface area contributed by atoms with Gasteiger partial charge >= 0.3 is 0 Å². The summed E-state index contributed by atoms with van der Waals surface area (Å²) in [6.45, 7) is 2.79. The molecule has 0 spiro atoms. The van der Waals surface area contributed by atoms with Crippen LogP contribution in [0.2, 0.25) is 0 Å². The van der Waals surface area contributed by atoms with E-state index in [9.17, 15) is 4.79 Å². The molecule has 0 saturated heterocycles. The van der Waals surface area contributed by atoms with Crippen LogP contribution in [0.1, 0.15) is 30.3 Å². The third-order valence-corrected chi connectivity index (χ3v) is 3.28. The van der Waals surface area contributed by atoms with Gasteiger partial charge in [-0.2, -0.15) is 0 Å². The molecule has 2 N–H and O–H groups in total. The number of benzene rings is 1. The summed E-state index contributed by atoms with van der Waals surface area (Å²) in [7, 11) is 0. The number of amides is 1. The van der Waals surface area contributed by atoms with E-state index >= 15 is 0 Å². The summed E-state index contributed by atoms with van der Waals surface area (Å²) in [4.78, 5) is 19.1. The Balaban J connectivity index is 2.06. The highest BCUT2D eigenvalue weighted by Crippen LogP contribution is 2.18. The summed E-state index contributed by atoms with van der Waals surface area (Å²) in [5, 5.41) is 2.86. The van der Waals surface area contributed by atoms with Crippen LogP contribution in [-0.2, 0) is 0 Å². The number of nitrogens with one attached hydrogen (secondary N) is 2. The number of imidazole rings is 1. The third-order valence-electron chi connectivity index (χ3n) is 2.75. The molecule has 1 aromatic carbocycles. The number of hydrogen-bond donors (Lipinski definition) is 2. The van der Waals surface area contributed by atoms with Crippen LogP contribution in [0.5, 0.6) is 0 Å². The van der Waals surface area contributed by atoms with Crippen molar-refractivity contribution in [2.24, 2.45) is 0 Å². The highest BCUT2D eigenvalue weighted by atomic mass is 79.9. The Hall–Kier alpha value is -1.62. The highest BCUT2D eigenvalue weighted by molar-refractivity contribution is 9.10. The first-order valence-electron chi connectivity index (χ1n) is 6.30. The zero-order chi connectivity index (χ0) is 13.7. The molecular formula is C14H16BrN3O. The quantitative estimate of drug-likeness (QED) is 0.829. The Morgan fingerprint density at radius 1 is 1.37 bits per heavy atom. The van der Waals surface area contributed by atoms with E-state index in [1.165, 1.54) is 0 Å². The zero-order valence-electron chi connectivity index (χ0n) is 10.7. The van der Waals surface area contributed by atoms with Gasteiger partial charge in [-0.05, 0) is 18.6 Å². The first-order valence-corrected chi connectivity index (χ1v) is 7.09. The third kappa shape index (κ3) is 3.67. The largest absolute Gasteiger partial charge is 0.351 e. The first-order chi connectivity index (χ1) is 9.20. The second kappa shape index (κ2) is 6.52. The molecule has 5 heteroatoms. The van der Waals surface area contributed by atoms with E-state index in [2.05, 4.69) is 38.1 Å². The fourth-order valence-electron chi connectivity index (χ4n) is 1.66. The molecule has 100 valence electrons. The molecule has 0 fully saturated rings. The molecule has 0 aliphatic carbocycles. The Bertz CT molecular complexity index is 548. The molecule has 2 rings (SSSR count). The summed E-state index contributed by atoms with van der Waals surface area (Å²) >= 11 is 3.39. The molecule has 1 heterocycles. The van der Waals surface area contributed by atoms with Crippen molar-refractivity contribution >= 4 is 21.8 Å². The van der Waals surface area contributed by atoms with Crippen molar-refractivity contribution in [2.75, 3.05) is 6.54 Å². The number of unbranched alkanes of at least 4 members (excludes halogenated alkanes) is 1. The van der Waals surface area contributed by atoms with E-state index in [-0.39, 0.29) is 5.91 Å². The maximum atomic E-state index is 11.8. The van der Waals surface area contributed by atoms with Crippen LogP contribution in [0.25, 0.3) is 11.4 Å². The Morgan fingerprint density at radius 3 is 2.79 bits per heavy atom. The predicted molar refractivity (Wildman–Crippen MR) is 79.0 cm³/mol. The lowest BCUT2D eigenvalue weighted by Crippen LogP contribution is -2.24. The zero-order valence-corrected chi connectivity index (χ0v) is 12.3. The number of carbonyl (C=O) groups excluding carboxylic acids is 1. The van der Waals surface area contributed by atoms with Gasteiger partial charge in [-0.3, -0.25) is 4.79 Å². The number of H-pyrrole nitrogens is 1. The molecule has 0 saturated carbocycles.